The number of carbonyl (C=O) groups is 2. The lowest BCUT2D eigenvalue weighted by Crippen LogP contribution is -2.02. The number of aliphatic carboxylic acids is 1. The molecule has 0 saturated heterocycles. The van der Waals surface area contributed by atoms with Crippen LogP contribution in [0.3, 0.4) is 0 Å². The molecule has 0 atom stereocenters. The molecular formula is C11H13NO4. The van der Waals surface area contributed by atoms with Crippen LogP contribution in [-0.2, 0) is 4.79 Å². The fraction of sp³-hybridized carbons (Fsp3) is 0.364. The third-order valence-electron chi connectivity index (χ3n) is 2.06. The van der Waals surface area contributed by atoms with Crippen molar-refractivity contribution >= 4 is 11.8 Å². The number of carboxylic acid groups (broad SMARTS) is 1. The summed E-state index contributed by atoms with van der Waals surface area (Å²) in [6.45, 7) is 0. The van der Waals surface area contributed by atoms with Crippen LogP contribution in [0.2, 0.25) is 0 Å². The number of hydrogen-bond acceptors (Lipinski definition) is 4. The summed E-state index contributed by atoms with van der Waals surface area (Å²) in [6, 6.07) is 3.22. The zero-order chi connectivity index (χ0) is 12.0. The van der Waals surface area contributed by atoms with E-state index in [1.807, 2.05) is 0 Å². The summed E-state index contributed by atoms with van der Waals surface area (Å²) in [5.74, 6) is -0.542. The van der Waals surface area contributed by atoms with Crippen LogP contribution in [0.4, 0.5) is 0 Å². The molecule has 16 heavy (non-hydrogen) atoms. The van der Waals surface area contributed by atoms with Crippen molar-refractivity contribution < 1.29 is 19.4 Å². The normalized spacial score (nSPS) is 9.81. The van der Waals surface area contributed by atoms with Crippen LogP contribution in [0.15, 0.2) is 18.3 Å². The molecule has 1 aromatic rings. The average Bonchev–Trinajstić information content (AvgIpc) is 2.28. The summed E-state index contributed by atoms with van der Waals surface area (Å²) in [5.41, 5.74) is 0.478. The quantitative estimate of drug-likeness (QED) is 0.740. The van der Waals surface area contributed by atoms with Gasteiger partial charge < -0.3 is 9.84 Å². The fourth-order valence-corrected chi connectivity index (χ4v) is 1.21. The molecule has 0 unspecified atom stereocenters. The van der Waals surface area contributed by atoms with E-state index < -0.39 is 5.97 Å². The standard InChI is InChI=1S/C11H13NO4/c1-16-10-6-5-8(7-12-10)9(13)3-2-4-11(14)15/h5-7H,2-4H2,1H3,(H,14,15). The molecule has 1 aromatic heterocycles. The largest absolute Gasteiger partial charge is 0.481 e. The van der Waals surface area contributed by atoms with Crippen molar-refractivity contribution in [3.05, 3.63) is 23.9 Å². The van der Waals surface area contributed by atoms with Crippen molar-refractivity contribution in [3.8, 4) is 5.88 Å². The van der Waals surface area contributed by atoms with Crippen LogP contribution in [0.25, 0.3) is 0 Å². The van der Waals surface area contributed by atoms with E-state index in [0.29, 0.717) is 17.9 Å². The van der Waals surface area contributed by atoms with Crippen molar-refractivity contribution in [2.45, 2.75) is 19.3 Å². The Balaban J connectivity index is 2.49. The first kappa shape index (κ1) is 12.2. The molecule has 1 N–H and O–H groups in total. The monoisotopic (exact) mass is 223 g/mol. The van der Waals surface area contributed by atoms with Gasteiger partial charge in [0.15, 0.2) is 5.78 Å². The van der Waals surface area contributed by atoms with Crippen LogP contribution in [-0.4, -0.2) is 29.0 Å². The van der Waals surface area contributed by atoms with E-state index in [9.17, 15) is 9.59 Å². The lowest BCUT2D eigenvalue weighted by Gasteiger charge is -2.01. The van der Waals surface area contributed by atoms with Gasteiger partial charge in [0.1, 0.15) is 0 Å². The highest BCUT2D eigenvalue weighted by atomic mass is 16.5. The van der Waals surface area contributed by atoms with E-state index in [0.717, 1.165) is 0 Å². The summed E-state index contributed by atoms with van der Waals surface area (Å²) in [4.78, 5) is 25.7. The summed E-state index contributed by atoms with van der Waals surface area (Å²) in [7, 11) is 1.50. The highest BCUT2D eigenvalue weighted by Gasteiger charge is 2.07. The van der Waals surface area contributed by atoms with Gasteiger partial charge in [0.05, 0.1) is 7.11 Å². The molecule has 0 aromatic carbocycles. The predicted molar refractivity (Wildman–Crippen MR) is 56.6 cm³/mol. The first-order chi connectivity index (χ1) is 7.63. The van der Waals surface area contributed by atoms with Gasteiger partial charge in [-0.1, -0.05) is 0 Å². The number of carbonyl (C=O) groups excluding carboxylic acids is 1. The Hall–Kier alpha value is -1.91. The molecule has 1 rings (SSSR count). The van der Waals surface area contributed by atoms with Crippen LogP contribution in [0.5, 0.6) is 5.88 Å². The topological polar surface area (TPSA) is 76.5 Å². The van der Waals surface area contributed by atoms with Crippen molar-refractivity contribution in [3.63, 3.8) is 0 Å². The van der Waals surface area contributed by atoms with Gasteiger partial charge in [-0.25, -0.2) is 4.98 Å². The molecule has 0 spiro atoms. The van der Waals surface area contributed by atoms with Gasteiger partial charge in [-0.05, 0) is 12.5 Å². The predicted octanol–water partition coefficient (Wildman–Crippen LogP) is 1.53. The minimum atomic E-state index is -0.888. The Bertz CT molecular complexity index is 372. The summed E-state index contributed by atoms with van der Waals surface area (Å²) in [6.07, 6.45) is 2.01. The maximum Gasteiger partial charge on any atom is 0.303 e. The molecule has 0 radical (unpaired) electrons. The number of methoxy groups -OCH3 is 1. The van der Waals surface area contributed by atoms with E-state index in [1.54, 1.807) is 12.1 Å². The first-order valence-corrected chi connectivity index (χ1v) is 4.88. The number of rotatable bonds is 6. The van der Waals surface area contributed by atoms with Gasteiger partial charge in [0.2, 0.25) is 5.88 Å². The maximum absolute atomic E-state index is 11.6. The van der Waals surface area contributed by atoms with E-state index in [4.69, 9.17) is 9.84 Å². The van der Waals surface area contributed by atoms with Crippen LogP contribution in [0, 0.1) is 0 Å². The lowest BCUT2D eigenvalue weighted by molar-refractivity contribution is -0.137. The molecule has 5 nitrogen and oxygen atoms in total. The van der Waals surface area contributed by atoms with Gasteiger partial charge in [-0.15, -0.1) is 0 Å². The molecule has 0 saturated carbocycles. The van der Waals surface area contributed by atoms with Crippen molar-refractivity contribution in [1.82, 2.24) is 4.98 Å². The second-order valence-electron chi connectivity index (χ2n) is 3.26. The third-order valence-corrected chi connectivity index (χ3v) is 2.06. The van der Waals surface area contributed by atoms with Crippen LogP contribution in [0.1, 0.15) is 29.6 Å². The number of carboxylic acids is 1. The minimum Gasteiger partial charge on any atom is -0.481 e. The van der Waals surface area contributed by atoms with Gasteiger partial charge in [0, 0.05) is 30.7 Å². The SMILES string of the molecule is COc1ccc(C(=O)CCCC(=O)O)cn1. The highest BCUT2D eigenvalue weighted by molar-refractivity contribution is 5.95. The Labute approximate surface area is 93.1 Å². The van der Waals surface area contributed by atoms with E-state index in [2.05, 4.69) is 4.98 Å². The zero-order valence-electron chi connectivity index (χ0n) is 8.97. The number of hydrogen-bond donors (Lipinski definition) is 1. The summed E-state index contributed by atoms with van der Waals surface area (Å²) >= 11 is 0. The number of ketones is 1. The molecule has 0 aliphatic rings. The molecule has 0 aliphatic heterocycles. The zero-order valence-corrected chi connectivity index (χ0v) is 8.97. The van der Waals surface area contributed by atoms with Gasteiger partial charge in [-0.3, -0.25) is 9.59 Å². The highest BCUT2D eigenvalue weighted by Crippen LogP contribution is 2.10. The molecule has 1 heterocycles. The van der Waals surface area contributed by atoms with Gasteiger partial charge in [-0.2, -0.15) is 0 Å². The fourth-order valence-electron chi connectivity index (χ4n) is 1.21. The van der Waals surface area contributed by atoms with E-state index in [-0.39, 0.29) is 18.6 Å². The van der Waals surface area contributed by atoms with E-state index in [1.165, 1.54) is 13.3 Å². The number of nitrogens with zero attached hydrogens (tertiary/aromatic N) is 1. The lowest BCUT2D eigenvalue weighted by atomic mass is 10.1. The number of aromatic nitrogens is 1. The van der Waals surface area contributed by atoms with Crippen molar-refractivity contribution in [2.24, 2.45) is 0 Å². The van der Waals surface area contributed by atoms with Crippen molar-refractivity contribution in [2.75, 3.05) is 7.11 Å². The number of Topliss-reactive ketones (excluding diaryl/α,β-unsaturated/α-hetero) is 1. The third kappa shape index (κ3) is 3.68. The van der Waals surface area contributed by atoms with Crippen LogP contribution >= 0.6 is 0 Å². The van der Waals surface area contributed by atoms with Gasteiger partial charge in [0.25, 0.3) is 0 Å². The summed E-state index contributed by atoms with van der Waals surface area (Å²) in [5, 5.41) is 8.43. The Morgan fingerprint density at radius 1 is 1.38 bits per heavy atom. The van der Waals surface area contributed by atoms with Crippen molar-refractivity contribution in [1.29, 1.82) is 0 Å². The number of ether oxygens (including phenoxy) is 1. The smallest absolute Gasteiger partial charge is 0.303 e. The number of pyridine rings is 1. The molecule has 0 bridgehead atoms. The van der Waals surface area contributed by atoms with Crippen LogP contribution < -0.4 is 4.74 Å². The molecule has 0 aliphatic carbocycles. The second kappa shape index (κ2) is 5.85. The Kier molecular flexibility index (Phi) is 4.44. The summed E-state index contributed by atoms with van der Waals surface area (Å²) < 4.78 is 4.86. The first-order valence-electron chi connectivity index (χ1n) is 4.88. The molecule has 0 fully saturated rings. The Morgan fingerprint density at radius 3 is 2.62 bits per heavy atom. The minimum absolute atomic E-state index is 0.00925. The molecule has 86 valence electrons. The van der Waals surface area contributed by atoms with E-state index >= 15 is 0 Å². The molecule has 0 amide bonds. The molecule has 5 heteroatoms. The molecular weight excluding hydrogens is 210 g/mol. The van der Waals surface area contributed by atoms with Gasteiger partial charge >= 0.3 is 5.97 Å². The second-order valence-corrected chi connectivity index (χ2v) is 3.26. The Morgan fingerprint density at radius 2 is 2.12 bits per heavy atom. The maximum atomic E-state index is 11.6. The average molecular weight is 223 g/mol.